The van der Waals surface area contributed by atoms with Crippen molar-refractivity contribution < 1.29 is 9.26 Å². The number of hydrogen-bond donors (Lipinski definition) is 0. The van der Waals surface area contributed by atoms with Gasteiger partial charge in [0.05, 0.1) is 7.11 Å². The molecule has 0 aliphatic carbocycles. The minimum Gasteiger partial charge on any atom is -0.497 e. The van der Waals surface area contributed by atoms with E-state index in [-0.39, 0.29) is 0 Å². The van der Waals surface area contributed by atoms with E-state index < -0.39 is 0 Å². The first kappa shape index (κ1) is 13.6. The van der Waals surface area contributed by atoms with Crippen LogP contribution in [0, 0.1) is 0 Å². The molecule has 5 heteroatoms. The first-order chi connectivity index (χ1) is 11.2. The summed E-state index contributed by atoms with van der Waals surface area (Å²) in [5.74, 6) is 1.88. The van der Waals surface area contributed by atoms with Gasteiger partial charge >= 0.3 is 0 Å². The van der Waals surface area contributed by atoms with Crippen LogP contribution in [0.5, 0.6) is 5.75 Å². The van der Waals surface area contributed by atoms with Gasteiger partial charge in [-0.3, -0.25) is 0 Å². The standard InChI is InChI=1S/C18H15N3O2/c1-21-10-9-13-11-14(5-8-16(13)21)18-19-17(20-23-18)12-3-6-15(22-2)7-4-12/h3-11H,1-2H3. The lowest BCUT2D eigenvalue weighted by Gasteiger charge is -1.99. The normalized spacial score (nSPS) is 11.0. The van der Waals surface area contributed by atoms with Crippen LogP contribution in [0.3, 0.4) is 0 Å². The van der Waals surface area contributed by atoms with Crippen LogP contribution in [-0.2, 0) is 7.05 Å². The SMILES string of the molecule is COc1ccc(-c2noc(-c3ccc4c(ccn4C)c3)n2)cc1. The summed E-state index contributed by atoms with van der Waals surface area (Å²) in [6.45, 7) is 0. The highest BCUT2D eigenvalue weighted by molar-refractivity contribution is 5.84. The topological polar surface area (TPSA) is 53.1 Å². The van der Waals surface area contributed by atoms with Gasteiger partial charge in [0, 0.05) is 35.3 Å². The molecule has 0 bridgehead atoms. The highest BCUT2D eigenvalue weighted by Crippen LogP contribution is 2.26. The highest BCUT2D eigenvalue weighted by atomic mass is 16.5. The Hall–Kier alpha value is -3.08. The molecular formula is C18H15N3O2. The maximum absolute atomic E-state index is 5.42. The summed E-state index contributed by atoms with van der Waals surface area (Å²) < 4.78 is 12.7. The van der Waals surface area contributed by atoms with Crippen LogP contribution in [0.4, 0.5) is 0 Å². The molecule has 0 unspecified atom stereocenters. The summed E-state index contributed by atoms with van der Waals surface area (Å²) in [6, 6.07) is 15.8. The molecule has 0 aliphatic heterocycles. The van der Waals surface area contributed by atoms with E-state index in [1.807, 2.05) is 43.6 Å². The van der Waals surface area contributed by atoms with Crippen LogP contribution in [0.1, 0.15) is 0 Å². The summed E-state index contributed by atoms with van der Waals surface area (Å²) in [4.78, 5) is 4.49. The van der Waals surface area contributed by atoms with Gasteiger partial charge in [-0.2, -0.15) is 4.98 Å². The van der Waals surface area contributed by atoms with E-state index in [4.69, 9.17) is 9.26 Å². The van der Waals surface area contributed by atoms with Gasteiger partial charge in [0.15, 0.2) is 0 Å². The fraction of sp³-hybridized carbons (Fsp3) is 0.111. The van der Waals surface area contributed by atoms with Crippen molar-refractivity contribution in [1.29, 1.82) is 0 Å². The molecule has 0 saturated heterocycles. The number of benzene rings is 2. The summed E-state index contributed by atoms with van der Waals surface area (Å²) >= 11 is 0. The quantitative estimate of drug-likeness (QED) is 0.576. The summed E-state index contributed by atoms with van der Waals surface area (Å²) in [7, 11) is 3.66. The maximum atomic E-state index is 5.42. The van der Waals surface area contributed by atoms with Crippen molar-refractivity contribution in [2.24, 2.45) is 7.05 Å². The number of aryl methyl sites for hydroxylation is 1. The Kier molecular flexibility index (Phi) is 3.12. The fourth-order valence-electron chi connectivity index (χ4n) is 2.61. The first-order valence-corrected chi connectivity index (χ1v) is 7.28. The molecule has 4 rings (SSSR count). The number of nitrogens with zero attached hydrogens (tertiary/aromatic N) is 3. The number of rotatable bonds is 3. The molecule has 5 nitrogen and oxygen atoms in total. The Morgan fingerprint density at radius 3 is 2.57 bits per heavy atom. The van der Waals surface area contributed by atoms with Gasteiger partial charge in [-0.25, -0.2) is 0 Å². The smallest absolute Gasteiger partial charge is 0.258 e. The number of hydrogen-bond acceptors (Lipinski definition) is 4. The van der Waals surface area contributed by atoms with Crippen LogP contribution in [0.25, 0.3) is 33.7 Å². The molecule has 2 heterocycles. The van der Waals surface area contributed by atoms with E-state index >= 15 is 0 Å². The molecule has 0 saturated carbocycles. The summed E-state index contributed by atoms with van der Waals surface area (Å²) in [6.07, 6.45) is 2.03. The van der Waals surface area contributed by atoms with Crippen molar-refractivity contribution >= 4 is 10.9 Å². The van der Waals surface area contributed by atoms with Gasteiger partial charge in [-0.05, 0) is 48.5 Å². The van der Waals surface area contributed by atoms with Crippen molar-refractivity contribution in [3.05, 3.63) is 54.7 Å². The zero-order chi connectivity index (χ0) is 15.8. The lowest BCUT2D eigenvalue weighted by molar-refractivity contribution is 0.415. The predicted molar refractivity (Wildman–Crippen MR) is 88.2 cm³/mol. The van der Waals surface area contributed by atoms with E-state index in [0.717, 1.165) is 22.3 Å². The maximum Gasteiger partial charge on any atom is 0.258 e. The Morgan fingerprint density at radius 1 is 1.00 bits per heavy atom. The Labute approximate surface area is 133 Å². The zero-order valence-corrected chi connectivity index (χ0v) is 12.9. The third-order valence-electron chi connectivity index (χ3n) is 3.91. The molecule has 0 radical (unpaired) electrons. The van der Waals surface area contributed by atoms with E-state index in [9.17, 15) is 0 Å². The summed E-state index contributed by atoms with van der Waals surface area (Å²) in [5.41, 5.74) is 2.97. The first-order valence-electron chi connectivity index (χ1n) is 7.28. The van der Waals surface area contributed by atoms with Crippen molar-refractivity contribution in [2.45, 2.75) is 0 Å². The molecule has 4 aromatic rings. The van der Waals surface area contributed by atoms with Gasteiger partial charge in [0.25, 0.3) is 5.89 Å². The molecule has 2 aromatic heterocycles. The predicted octanol–water partition coefficient (Wildman–Crippen LogP) is 3.90. The van der Waals surface area contributed by atoms with Crippen molar-refractivity contribution in [1.82, 2.24) is 14.7 Å². The van der Waals surface area contributed by atoms with Crippen molar-refractivity contribution in [3.8, 4) is 28.6 Å². The van der Waals surface area contributed by atoms with Gasteiger partial charge in [0.1, 0.15) is 5.75 Å². The molecule has 0 N–H and O–H groups in total. The minimum atomic E-state index is 0.515. The third-order valence-corrected chi connectivity index (χ3v) is 3.91. The largest absolute Gasteiger partial charge is 0.497 e. The molecular weight excluding hydrogens is 290 g/mol. The Morgan fingerprint density at radius 2 is 1.78 bits per heavy atom. The monoisotopic (exact) mass is 305 g/mol. The number of ether oxygens (including phenoxy) is 1. The van der Waals surface area contributed by atoms with Gasteiger partial charge in [-0.1, -0.05) is 5.16 Å². The summed E-state index contributed by atoms with van der Waals surface area (Å²) in [5, 5.41) is 5.22. The third kappa shape index (κ3) is 2.36. The second-order valence-corrected chi connectivity index (χ2v) is 5.35. The van der Waals surface area contributed by atoms with Crippen LogP contribution in [-0.4, -0.2) is 21.8 Å². The zero-order valence-electron chi connectivity index (χ0n) is 12.9. The average Bonchev–Trinajstić information content (AvgIpc) is 3.22. The second kappa shape index (κ2) is 5.28. The van der Waals surface area contributed by atoms with Gasteiger partial charge in [0.2, 0.25) is 5.82 Å². The molecule has 0 spiro atoms. The number of methoxy groups -OCH3 is 1. The lowest BCUT2D eigenvalue weighted by atomic mass is 10.1. The molecule has 114 valence electrons. The van der Waals surface area contributed by atoms with Gasteiger partial charge < -0.3 is 13.8 Å². The van der Waals surface area contributed by atoms with E-state index in [1.54, 1.807) is 7.11 Å². The molecule has 23 heavy (non-hydrogen) atoms. The molecule has 2 aromatic carbocycles. The molecule has 0 fully saturated rings. The van der Waals surface area contributed by atoms with E-state index in [2.05, 4.69) is 32.9 Å². The fourth-order valence-corrected chi connectivity index (χ4v) is 2.61. The van der Waals surface area contributed by atoms with Crippen LogP contribution in [0.15, 0.2) is 59.3 Å². The van der Waals surface area contributed by atoms with Crippen molar-refractivity contribution in [3.63, 3.8) is 0 Å². The van der Waals surface area contributed by atoms with Gasteiger partial charge in [-0.15, -0.1) is 0 Å². The Balaban J connectivity index is 1.70. The van der Waals surface area contributed by atoms with Crippen LogP contribution < -0.4 is 4.74 Å². The Bertz CT molecular complexity index is 968. The highest BCUT2D eigenvalue weighted by Gasteiger charge is 2.11. The van der Waals surface area contributed by atoms with Crippen molar-refractivity contribution in [2.75, 3.05) is 7.11 Å². The number of fused-ring (bicyclic) bond motifs is 1. The molecule has 0 amide bonds. The second-order valence-electron chi connectivity index (χ2n) is 5.35. The minimum absolute atomic E-state index is 0.515. The lowest BCUT2D eigenvalue weighted by Crippen LogP contribution is -1.85. The van der Waals surface area contributed by atoms with E-state index in [0.29, 0.717) is 11.7 Å². The molecule has 0 atom stereocenters. The van der Waals surface area contributed by atoms with Crippen LogP contribution in [0.2, 0.25) is 0 Å². The number of aromatic nitrogens is 3. The van der Waals surface area contributed by atoms with E-state index in [1.165, 1.54) is 5.52 Å². The van der Waals surface area contributed by atoms with Crippen LogP contribution >= 0.6 is 0 Å². The molecule has 0 aliphatic rings. The average molecular weight is 305 g/mol.